The summed E-state index contributed by atoms with van der Waals surface area (Å²) >= 11 is 0. The standard InChI is InChI=1S/C28H32N2O/c1-19-22-4-3-13-28(19,2)26-17-24(10-9-23(26)16-22)27(31)30-15-11-20-5-7-21(8-6-20)25-12-14-29-18-25/h5-10,12,14,17-19,22,29H,3-4,11,13,15-16H2,1-2H3,(H,30,31)/t19-,22+,28-/m0/s1. The molecule has 0 radical (unpaired) electrons. The number of aromatic amines is 1. The Morgan fingerprint density at radius 2 is 1.97 bits per heavy atom. The zero-order valence-corrected chi connectivity index (χ0v) is 18.6. The number of amides is 1. The van der Waals surface area contributed by atoms with Crippen molar-refractivity contribution in [1.29, 1.82) is 0 Å². The van der Waals surface area contributed by atoms with Gasteiger partial charge in [-0.05, 0) is 89.0 Å². The van der Waals surface area contributed by atoms with Gasteiger partial charge < -0.3 is 10.3 Å². The Morgan fingerprint density at radius 3 is 2.74 bits per heavy atom. The Kier molecular flexibility index (Phi) is 5.21. The van der Waals surface area contributed by atoms with Crippen molar-refractivity contribution in [3.63, 3.8) is 0 Å². The smallest absolute Gasteiger partial charge is 0.251 e. The molecule has 5 rings (SSSR count). The van der Waals surface area contributed by atoms with Crippen molar-refractivity contribution in [2.75, 3.05) is 6.54 Å². The van der Waals surface area contributed by atoms with Crippen LogP contribution in [0, 0.1) is 11.8 Å². The molecule has 2 aliphatic carbocycles. The second-order valence-electron chi connectivity index (χ2n) is 9.74. The van der Waals surface area contributed by atoms with Gasteiger partial charge in [0.15, 0.2) is 0 Å². The van der Waals surface area contributed by atoms with E-state index in [1.54, 1.807) is 0 Å². The highest BCUT2D eigenvalue weighted by atomic mass is 16.1. The summed E-state index contributed by atoms with van der Waals surface area (Å²) in [4.78, 5) is 16.0. The lowest BCUT2D eigenvalue weighted by Gasteiger charge is -2.50. The van der Waals surface area contributed by atoms with E-state index in [1.807, 2.05) is 18.5 Å². The summed E-state index contributed by atoms with van der Waals surface area (Å²) in [6.45, 7) is 5.48. The molecule has 2 N–H and O–H groups in total. The number of carbonyl (C=O) groups excluding carboxylic acids is 1. The lowest BCUT2D eigenvalue weighted by molar-refractivity contribution is 0.0952. The van der Waals surface area contributed by atoms with Crippen LogP contribution >= 0.6 is 0 Å². The summed E-state index contributed by atoms with van der Waals surface area (Å²) in [5.74, 6) is 1.54. The van der Waals surface area contributed by atoms with Crippen LogP contribution in [0.4, 0.5) is 0 Å². The van der Waals surface area contributed by atoms with Gasteiger partial charge in [0.2, 0.25) is 0 Å². The maximum atomic E-state index is 12.9. The number of nitrogens with one attached hydrogen (secondary N) is 2. The predicted molar refractivity (Wildman–Crippen MR) is 126 cm³/mol. The number of fused-ring (bicyclic) bond motifs is 4. The Morgan fingerprint density at radius 1 is 1.13 bits per heavy atom. The Bertz CT molecular complexity index is 1070. The van der Waals surface area contributed by atoms with Crippen LogP contribution in [0.25, 0.3) is 11.1 Å². The number of hydrogen-bond donors (Lipinski definition) is 2. The summed E-state index contributed by atoms with van der Waals surface area (Å²) in [6.07, 6.45) is 9.85. The number of rotatable bonds is 5. The van der Waals surface area contributed by atoms with Crippen LogP contribution in [0.5, 0.6) is 0 Å². The number of H-pyrrole nitrogens is 1. The van der Waals surface area contributed by atoms with Crippen molar-refractivity contribution in [2.45, 2.75) is 51.4 Å². The number of hydrogen-bond acceptors (Lipinski definition) is 1. The predicted octanol–water partition coefficient (Wildman–Crippen LogP) is 5.90. The minimum atomic E-state index is 0.0425. The molecule has 31 heavy (non-hydrogen) atoms. The van der Waals surface area contributed by atoms with E-state index < -0.39 is 0 Å². The van der Waals surface area contributed by atoms with E-state index >= 15 is 0 Å². The number of aromatic nitrogens is 1. The molecule has 3 aromatic rings. The van der Waals surface area contributed by atoms with Gasteiger partial charge in [-0.1, -0.05) is 50.6 Å². The lowest BCUT2D eigenvalue weighted by atomic mass is 9.54. The maximum Gasteiger partial charge on any atom is 0.251 e. The summed E-state index contributed by atoms with van der Waals surface area (Å²) < 4.78 is 0. The first kappa shape index (κ1) is 20.1. The topological polar surface area (TPSA) is 44.9 Å². The van der Waals surface area contributed by atoms with Crippen LogP contribution < -0.4 is 5.32 Å². The van der Waals surface area contributed by atoms with E-state index in [1.165, 1.54) is 53.5 Å². The maximum absolute atomic E-state index is 12.9. The van der Waals surface area contributed by atoms with Crippen molar-refractivity contribution >= 4 is 5.91 Å². The number of benzene rings is 2. The first-order valence-corrected chi connectivity index (χ1v) is 11.7. The molecule has 2 aliphatic rings. The summed E-state index contributed by atoms with van der Waals surface area (Å²) in [7, 11) is 0. The minimum absolute atomic E-state index is 0.0425. The van der Waals surface area contributed by atoms with E-state index in [-0.39, 0.29) is 11.3 Å². The summed E-state index contributed by atoms with van der Waals surface area (Å²) in [5, 5.41) is 3.13. The van der Waals surface area contributed by atoms with Crippen LogP contribution in [0.2, 0.25) is 0 Å². The van der Waals surface area contributed by atoms with Crippen molar-refractivity contribution in [2.24, 2.45) is 11.8 Å². The highest BCUT2D eigenvalue weighted by Crippen LogP contribution is 2.52. The average molecular weight is 413 g/mol. The Hall–Kier alpha value is -2.81. The summed E-state index contributed by atoms with van der Waals surface area (Å²) in [5.41, 5.74) is 7.54. The van der Waals surface area contributed by atoms with Crippen LogP contribution in [0.15, 0.2) is 60.9 Å². The molecule has 2 bridgehead atoms. The molecule has 1 amide bonds. The second-order valence-corrected chi connectivity index (χ2v) is 9.74. The molecule has 3 atom stereocenters. The normalized spacial score (nSPS) is 24.5. The average Bonchev–Trinajstić information content (AvgIpc) is 3.31. The second kappa shape index (κ2) is 8.03. The molecule has 2 aromatic carbocycles. The molecule has 3 heteroatoms. The fourth-order valence-electron chi connectivity index (χ4n) is 5.89. The first-order valence-electron chi connectivity index (χ1n) is 11.7. The van der Waals surface area contributed by atoms with Gasteiger partial charge in [0.25, 0.3) is 5.91 Å². The van der Waals surface area contributed by atoms with Crippen LogP contribution in [-0.2, 0) is 18.3 Å². The third kappa shape index (κ3) is 3.71. The molecule has 160 valence electrons. The summed E-state index contributed by atoms with van der Waals surface area (Å²) in [6, 6.07) is 17.1. The molecule has 1 heterocycles. The minimum Gasteiger partial charge on any atom is -0.367 e. The third-order valence-electron chi connectivity index (χ3n) is 8.04. The monoisotopic (exact) mass is 412 g/mol. The first-order chi connectivity index (χ1) is 15.0. The van der Waals surface area contributed by atoms with E-state index in [0.717, 1.165) is 17.9 Å². The van der Waals surface area contributed by atoms with E-state index in [9.17, 15) is 4.79 Å². The molecule has 0 spiro atoms. The zero-order chi connectivity index (χ0) is 21.4. The molecule has 3 nitrogen and oxygen atoms in total. The van der Waals surface area contributed by atoms with Gasteiger partial charge in [-0.15, -0.1) is 0 Å². The largest absolute Gasteiger partial charge is 0.367 e. The highest BCUT2D eigenvalue weighted by molar-refractivity contribution is 5.94. The Balaban J connectivity index is 1.23. The van der Waals surface area contributed by atoms with Crippen molar-refractivity contribution in [3.8, 4) is 11.1 Å². The SMILES string of the molecule is C[C@H]1[C@@H]2CCC[C@]1(C)c1cc(C(=O)NCCc3ccc(-c4cc[nH]c4)cc3)ccc1C2. The van der Waals surface area contributed by atoms with Crippen LogP contribution in [0.1, 0.15) is 60.2 Å². The van der Waals surface area contributed by atoms with Crippen molar-refractivity contribution < 1.29 is 4.79 Å². The molecule has 1 saturated carbocycles. The van der Waals surface area contributed by atoms with Crippen LogP contribution in [0.3, 0.4) is 0 Å². The van der Waals surface area contributed by atoms with Gasteiger partial charge in [-0.2, -0.15) is 0 Å². The van der Waals surface area contributed by atoms with Gasteiger partial charge in [0.1, 0.15) is 0 Å². The molecule has 1 fully saturated rings. The fourth-order valence-corrected chi connectivity index (χ4v) is 5.89. The molecular weight excluding hydrogens is 380 g/mol. The van der Waals surface area contributed by atoms with Crippen molar-refractivity contribution in [3.05, 3.63) is 83.2 Å². The molecule has 0 unspecified atom stereocenters. The van der Waals surface area contributed by atoms with E-state index in [2.05, 4.69) is 66.6 Å². The van der Waals surface area contributed by atoms with Gasteiger partial charge in [0, 0.05) is 24.5 Å². The third-order valence-corrected chi connectivity index (χ3v) is 8.04. The zero-order valence-electron chi connectivity index (χ0n) is 18.6. The molecule has 0 saturated heterocycles. The fraction of sp³-hybridized carbons (Fsp3) is 0.393. The van der Waals surface area contributed by atoms with Gasteiger partial charge >= 0.3 is 0 Å². The van der Waals surface area contributed by atoms with Gasteiger partial charge in [0.05, 0.1) is 0 Å². The van der Waals surface area contributed by atoms with Gasteiger partial charge in [-0.25, -0.2) is 0 Å². The van der Waals surface area contributed by atoms with E-state index in [4.69, 9.17) is 0 Å². The molecule has 0 aliphatic heterocycles. The molecular formula is C28H32N2O. The van der Waals surface area contributed by atoms with Crippen molar-refractivity contribution in [1.82, 2.24) is 10.3 Å². The molecule has 1 aromatic heterocycles. The quantitative estimate of drug-likeness (QED) is 0.538. The lowest BCUT2D eigenvalue weighted by Crippen LogP contribution is -2.44. The highest BCUT2D eigenvalue weighted by Gasteiger charge is 2.45. The van der Waals surface area contributed by atoms with Crippen LogP contribution in [-0.4, -0.2) is 17.4 Å². The Labute approximate surface area is 185 Å². The number of carbonyl (C=O) groups is 1. The van der Waals surface area contributed by atoms with Gasteiger partial charge in [-0.3, -0.25) is 4.79 Å². The van der Waals surface area contributed by atoms with E-state index in [0.29, 0.717) is 12.5 Å².